The van der Waals surface area contributed by atoms with Gasteiger partial charge >= 0.3 is 0 Å². The van der Waals surface area contributed by atoms with Crippen molar-refractivity contribution in [2.24, 2.45) is 17.3 Å². The van der Waals surface area contributed by atoms with Crippen LogP contribution in [0.1, 0.15) is 30.4 Å². The van der Waals surface area contributed by atoms with Gasteiger partial charge in [0.15, 0.2) is 0 Å². The maximum absolute atomic E-state index is 12.9. The molecule has 1 saturated carbocycles. The van der Waals surface area contributed by atoms with Crippen molar-refractivity contribution in [2.75, 3.05) is 46.4 Å². The number of likely N-dealkylation sites (tertiary alicyclic amines) is 2. The van der Waals surface area contributed by atoms with E-state index in [1.54, 1.807) is 0 Å². The molecular weight excluding hydrogens is 324 g/mol. The lowest BCUT2D eigenvalue weighted by atomic mass is 9.77. The van der Waals surface area contributed by atoms with Gasteiger partial charge in [0.05, 0.1) is 13.0 Å². The van der Waals surface area contributed by atoms with Crippen LogP contribution < -0.4 is 0 Å². The Bertz CT molecular complexity index is 657. The third kappa shape index (κ3) is 3.67. The van der Waals surface area contributed by atoms with Gasteiger partial charge < -0.3 is 14.5 Å². The summed E-state index contributed by atoms with van der Waals surface area (Å²) in [4.78, 5) is 17.7. The molecule has 0 N–H and O–H groups in total. The van der Waals surface area contributed by atoms with E-state index in [0.29, 0.717) is 12.3 Å². The van der Waals surface area contributed by atoms with Crippen LogP contribution >= 0.6 is 0 Å². The highest BCUT2D eigenvalue weighted by Gasteiger charge is 2.51. The average molecular weight is 357 g/mol. The molecule has 1 spiro atoms. The Morgan fingerprint density at radius 2 is 2.08 bits per heavy atom. The monoisotopic (exact) mass is 356 g/mol. The molecule has 26 heavy (non-hydrogen) atoms. The van der Waals surface area contributed by atoms with E-state index in [2.05, 4.69) is 28.9 Å². The fraction of sp³-hybridized carbons (Fsp3) is 0.682. The first-order valence-electron chi connectivity index (χ1n) is 10.1. The normalized spacial score (nSPS) is 29.0. The van der Waals surface area contributed by atoms with Crippen molar-refractivity contribution in [3.63, 3.8) is 0 Å². The van der Waals surface area contributed by atoms with Crippen LogP contribution in [-0.4, -0.2) is 62.1 Å². The Hall–Kier alpha value is -1.39. The molecule has 142 valence electrons. The van der Waals surface area contributed by atoms with Crippen molar-refractivity contribution in [2.45, 2.75) is 32.6 Å². The topological polar surface area (TPSA) is 32.8 Å². The highest BCUT2D eigenvalue weighted by atomic mass is 16.5. The number of ether oxygens (including phenoxy) is 1. The lowest BCUT2D eigenvalue weighted by molar-refractivity contribution is -0.130. The van der Waals surface area contributed by atoms with E-state index in [9.17, 15) is 4.79 Å². The van der Waals surface area contributed by atoms with Crippen molar-refractivity contribution in [3.05, 3.63) is 35.4 Å². The van der Waals surface area contributed by atoms with Crippen molar-refractivity contribution in [1.29, 1.82) is 0 Å². The molecule has 4 heteroatoms. The SMILES string of the molecule is COC[C@H]1CN(CC2CC2)C[C@@]12CCN(C(=O)Cc1ccccc1C)C2. The maximum Gasteiger partial charge on any atom is 0.227 e. The summed E-state index contributed by atoms with van der Waals surface area (Å²) in [6.45, 7) is 8.26. The summed E-state index contributed by atoms with van der Waals surface area (Å²) in [7, 11) is 1.81. The molecule has 2 atom stereocenters. The second-order valence-corrected chi connectivity index (χ2v) is 8.82. The molecule has 2 aliphatic heterocycles. The Morgan fingerprint density at radius 3 is 2.81 bits per heavy atom. The van der Waals surface area contributed by atoms with Crippen molar-refractivity contribution in [1.82, 2.24) is 9.80 Å². The molecule has 1 aliphatic carbocycles. The quantitative estimate of drug-likeness (QED) is 0.786. The van der Waals surface area contributed by atoms with Crippen molar-refractivity contribution in [3.8, 4) is 0 Å². The fourth-order valence-corrected chi connectivity index (χ4v) is 5.03. The molecule has 1 aromatic carbocycles. The highest BCUT2D eigenvalue weighted by molar-refractivity contribution is 5.79. The van der Waals surface area contributed by atoms with Crippen molar-refractivity contribution >= 4 is 5.91 Å². The standard InChI is InChI=1S/C22H32N2O2/c1-17-5-3-4-6-19(17)11-21(25)24-10-9-22(16-24)15-23(12-18-7-8-18)13-20(22)14-26-2/h3-6,18,20H,7-16H2,1-2H3/t20-,22-/m1/s1. The van der Waals surface area contributed by atoms with Gasteiger partial charge in [0.25, 0.3) is 0 Å². The van der Waals surface area contributed by atoms with Crippen LogP contribution in [-0.2, 0) is 16.0 Å². The Balaban J connectivity index is 1.41. The lowest BCUT2D eigenvalue weighted by Crippen LogP contribution is -2.38. The summed E-state index contributed by atoms with van der Waals surface area (Å²) >= 11 is 0. The zero-order valence-electron chi connectivity index (χ0n) is 16.2. The number of carbonyl (C=O) groups excluding carboxylic acids is 1. The van der Waals surface area contributed by atoms with E-state index < -0.39 is 0 Å². The van der Waals surface area contributed by atoms with E-state index >= 15 is 0 Å². The largest absolute Gasteiger partial charge is 0.384 e. The van der Waals surface area contributed by atoms with Gasteiger partial charge in [-0.3, -0.25) is 4.79 Å². The average Bonchev–Trinajstić information content (AvgIpc) is 3.23. The van der Waals surface area contributed by atoms with Gasteiger partial charge in [-0.25, -0.2) is 0 Å². The summed E-state index contributed by atoms with van der Waals surface area (Å²) in [6.07, 6.45) is 4.46. The van der Waals surface area contributed by atoms with E-state index in [1.165, 1.54) is 24.9 Å². The minimum Gasteiger partial charge on any atom is -0.384 e. The summed E-state index contributed by atoms with van der Waals surface area (Å²) in [6, 6.07) is 8.24. The Kier molecular flexibility index (Phi) is 5.07. The minimum absolute atomic E-state index is 0.242. The van der Waals surface area contributed by atoms with Crippen LogP contribution in [0.3, 0.4) is 0 Å². The van der Waals surface area contributed by atoms with E-state index in [1.807, 2.05) is 19.2 Å². The first-order chi connectivity index (χ1) is 12.6. The van der Waals surface area contributed by atoms with Gasteiger partial charge in [-0.1, -0.05) is 24.3 Å². The molecule has 4 nitrogen and oxygen atoms in total. The van der Waals surface area contributed by atoms with Crippen LogP contribution in [0.4, 0.5) is 0 Å². The van der Waals surface area contributed by atoms with E-state index in [-0.39, 0.29) is 11.3 Å². The second kappa shape index (κ2) is 7.32. The molecular formula is C22H32N2O2. The van der Waals surface area contributed by atoms with Gasteiger partial charge in [0.2, 0.25) is 5.91 Å². The van der Waals surface area contributed by atoms with E-state index in [4.69, 9.17) is 4.74 Å². The minimum atomic E-state index is 0.242. The fourth-order valence-electron chi connectivity index (χ4n) is 5.03. The molecule has 0 unspecified atom stereocenters. The number of hydrogen-bond donors (Lipinski definition) is 0. The first-order valence-corrected chi connectivity index (χ1v) is 10.1. The van der Waals surface area contributed by atoms with Gasteiger partial charge in [-0.15, -0.1) is 0 Å². The summed E-state index contributed by atoms with van der Waals surface area (Å²) < 4.78 is 5.56. The molecule has 0 radical (unpaired) electrons. The molecule has 4 rings (SSSR count). The maximum atomic E-state index is 12.9. The van der Waals surface area contributed by atoms with Gasteiger partial charge in [0.1, 0.15) is 0 Å². The van der Waals surface area contributed by atoms with Crippen LogP contribution in [0.2, 0.25) is 0 Å². The second-order valence-electron chi connectivity index (χ2n) is 8.82. The van der Waals surface area contributed by atoms with Gasteiger partial charge in [0, 0.05) is 51.2 Å². The molecule has 0 aromatic heterocycles. The number of amides is 1. The number of benzene rings is 1. The van der Waals surface area contributed by atoms with Crippen molar-refractivity contribution < 1.29 is 9.53 Å². The van der Waals surface area contributed by atoms with Crippen LogP contribution in [0.5, 0.6) is 0 Å². The molecule has 3 fully saturated rings. The third-order valence-corrected chi connectivity index (χ3v) is 6.81. The van der Waals surface area contributed by atoms with Crippen LogP contribution in [0.25, 0.3) is 0 Å². The summed E-state index contributed by atoms with van der Waals surface area (Å²) in [5.74, 6) is 1.77. The molecule has 3 aliphatic rings. The number of aryl methyl sites for hydroxylation is 1. The number of rotatable bonds is 6. The number of carbonyl (C=O) groups is 1. The summed E-state index contributed by atoms with van der Waals surface area (Å²) in [5.41, 5.74) is 2.61. The number of hydrogen-bond acceptors (Lipinski definition) is 3. The van der Waals surface area contributed by atoms with Crippen LogP contribution in [0, 0.1) is 24.2 Å². The molecule has 0 bridgehead atoms. The molecule has 1 aromatic rings. The Labute approximate surface area is 157 Å². The predicted molar refractivity (Wildman–Crippen MR) is 103 cm³/mol. The Morgan fingerprint density at radius 1 is 1.27 bits per heavy atom. The van der Waals surface area contributed by atoms with E-state index in [0.717, 1.165) is 50.7 Å². The molecule has 2 heterocycles. The summed E-state index contributed by atoms with van der Waals surface area (Å²) in [5, 5.41) is 0. The number of nitrogens with zero attached hydrogens (tertiary/aromatic N) is 2. The van der Waals surface area contributed by atoms with Gasteiger partial charge in [-0.05, 0) is 43.2 Å². The van der Waals surface area contributed by atoms with Gasteiger partial charge in [-0.2, -0.15) is 0 Å². The third-order valence-electron chi connectivity index (χ3n) is 6.81. The lowest BCUT2D eigenvalue weighted by Gasteiger charge is -2.30. The highest BCUT2D eigenvalue weighted by Crippen LogP contribution is 2.45. The molecule has 2 saturated heterocycles. The van der Waals surface area contributed by atoms with Crippen LogP contribution in [0.15, 0.2) is 24.3 Å². The predicted octanol–water partition coefficient (Wildman–Crippen LogP) is 2.74. The first kappa shape index (κ1) is 18.0. The zero-order valence-corrected chi connectivity index (χ0v) is 16.2. The molecule has 1 amide bonds. The zero-order chi connectivity index (χ0) is 18.1. The number of methoxy groups -OCH3 is 1. The smallest absolute Gasteiger partial charge is 0.227 e.